The van der Waals surface area contributed by atoms with Crippen LogP contribution in [0.15, 0.2) is 42.7 Å². The number of pyridine rings is 1. The van der Waals surface area contributed by atoms with Gasteiger partial charge in [0.25, 0.3) is 0 Å². The van der Waals surface area contributed by atoms with Crippen LogP contribution in [-0.2, 0) is 6.42 Å². The Morgan fingerprint density at radius 2 is 1.88 bits per heavy atom. The fourth-order valence-corrected chi connectivity index (χ4v) is 1.85. The lowest BCUT2D eigenvalue weighted by Gasteiger charge is -2.05. The number of ether oxygens (including phenoxy) is 1. The zero-order valence-electron chi connectivity index (χ0n) is 9.69. The highest BCUT2D eigenvalue weighted by Crippen LogP contribution is 2.16. The number of hydrogen-bond acceptors (Lipinski definition) is 2. The molecule has 2 nitrogen and oxygen atoms in total. The zero-order chi connectivity index (χ0) is 12.1. The van der Waals surface area contributed by atoms with Crippen LogP contribution in [0.2, 0.25) is 5.02 Å². The average Bonchev–Trinajstić information content (AvgIpc) is 2.32. The minimum absolute atomic E-state index is 0.674. The van der Waals surface area contributed by atoms with Crippen LogP contribution in [0.25, 0.3) is 0 Å². The first-order chi connectivity index (χ1) is 8.28. The first-order valence-corrected chi connectivity index (χ1v) is 5.97. The van der Waals surface area contributed by atoms with E-state index in [1.165, 1.54) is 5.56 Å². The normalized spacial score (nSPS) is 10.2. The Hall–Kier alpha value is -1.54. The summed E-state index contributed by atoms with van der Waals surface area (Å²) >= 11 is 5.90. The van der Waals surface area contributed by atoms with Crippen molar-refractivity contribution in [2.45, 2.75) is 13.3 Å². The standard InChI is InChI=1S/C14H14ClNO/c1-2-17-14-5-3-11(4-6-14)7-12-8-13(15)10-16-9-12/h3-6,8-10H,2,7H2,1H3. The van der Waals surface area contributed by atoms with Crippen LogP contribution in [0.3, 0.4) is 0 Å². The first kappa shape index (κ1) is 11.9. The Morgan fingerprint density at radius 1 is 1.12 bits per heavy atom. The minimum Gasteiger partial charge on any atom is -0.494 e. The zero-order valence-corrected chi connectivity index (χ0v) is 10.4. The maximum atomic E-state index is 5.90. The Balaban J connectivity index is 2.08. The molecule has 0 bridgehead atoms. The van der Waals surface area contributed by atoms with E-state index in [1.54, 1.807) is 6.20 Å². The molecule has 0 unspecified atom stereocenters. The summed E-state index contributed by atoms with van der Waals surface area (Å²) in [5, 5.41) is 0.674. The van der Waals surface area contributed by atoms with Crippen molar-refractivity contribution in [1.82, 2.24) is 4.98 Å². The average molecular weight is 248 g/mol. The molecule has 0 spiro atoms. The largest absolute Gasteiger partial charge is 0.494 e. The third-order valence-corrected chi connectivity index (χ3v) is 2.61. The van der Waals surface area contributed by atoms with Gasteiger partial charge >= 0.3 is 0 Å². The van der Waals surface area contributed by atoms with E-state index in [0.717, 1.165) is 17.7 Å². The van der Waals surface area contributed by atoms with Crippen molar-refractivity contribution in [3.63, 3.8) is 0 Å². The molecule has 0 radical (unpaired) electrons. The summed E-state index contributed by atoms with van der Waals surface area (Å²) in [6.45, 7) is 2.67. The number of rotatable bonds is 4. The predicted octanol–water partition coefficient (Wildman–Crippen LogP) is 3.72. The maximum absolute atomic E-state index is 5.90. The van der Waals surface area contributed by atoms with E-state index in [0.29, 0.717) is 11.6 Å². The first-order valence-electron chi connectivity index (χ1n) is 5.59. The lowest BCUT2D eigenvalue weighted by molar-refractivity contribution is 0.340. The van der Waals surface area contributed by atoms with Crippen molar-refractivity contribution in [3.05, 3.63) is 58.9 Å². The van der Waals surface area contributed by atoms with Crippen LogP contribution in [0.4, 0.5) is 0 Å². The van der Waals surface area contributed by atoms with Gasteiger partial charge in [-0.25, -0.2) is 0 Å². The molecule has 1 aromatic heterocycles. The molecule has 0 N–H and O–H groups in total. The molecule has 1 heterocycles. The molecule has 0 fully saturated rings. The summed E-state index contributed by atoms with van der Waals surface area (Å²) in [6, 6.07) is 10.0. The van der Waals surface area contributed by atoms with Gasteiger partial charge in [0.15, 0.2) is 0 Å². The highest BCUT2D eigenvalue weighted by molar-refractivity contribution is 6.30. The number of hydrogen-bond donors (Lipinski definition) is 0. The maximum Gasteiger partial charge on any atom is 0.119 e. The number of halogens is 1. The molecule has 0 aliphatic carbocycles. The fourth-order valence-electron chi connectivity index (χ4n) is 1.66. The molecule has 1 aromatic carbocycles. The highest BCUT2D eigenvalue weighted by Gasteiger charge is 1.99. The van der Waals surface area contributed by atoms with Crippen LogP contribution >= 0.6 is 11.6 Å². The molecule has 17 heavy (non-hydrogen) atoms. The van der Waals surface area contributed by atoms with Gasteiger partial charge < -0.3 is 4.74 Å². The van der Waals surface area contributed by atoms with Gasteiger partial charge in [0.2, 0.25) is 0 Å². The van der Waals surface area contributed by atoms with Gasteiger partial charge in [-0.1, -0.05) is 23.7 Å². The summed E-state index contributed by atoms with van der Waals surface area (Å²) in [5.41, 5.74) is 2.33. The van der Waals surface area contributed by atoms with Gasteiger partial charge in [0, 0.05) is 12.4 Å². The molecule has 0 aliphatic heterocycles. The van der Waals surface area contributed by atoms with Gasteiger partial charge in [-0.2, -0.15) is 0 Å². The topological polar surface area (TPSA) is 22.1 Å². The minimum atomic E-state index is 0.674. The number of aromatic nitrogens is 1. The van der Waals surface area contributed by atoms with Crippen LogP contribution in [0.1, 0.15) is 18.1 Å². The SMILES string of the molecule is CCOc1ccc(Cc2cncc(Cl)c2)cc1. The van der Waals surface area contributed by atoms with E-state index in [1.807, 2.05) is 31.3 Å². The van der Waals surface area contributed by atoms with Crippen LogP contribution in [0.5, 0.6) is 5.75 Å². The van der Waals surface area contributed by atoms with Gasteiger partial charge in [-0.3, -0.25) is 4.98 Å². The molecule has 88 valence electrons. The molecule has 0 saturated heterocycles. The van der Waals surface area contributed by atoms with Crippen LogP contribution < -0.4 is 4.74 Å². The third kappa shape index (κ3) is 3.46. The van der Waals surface area contributed by atoms with Crippen LogP contribution in [-0.4, -0.2) is 11.6 Å². The summed E-state index contributed by atoms with van der Waals surface area (Å²) in [5.74, 6) is 0.903. The Kier molecular flexibility index (Phi) is 3.99. The van der Waals surface area contributed by atoms with E-state index < -0.39 is 0 Å². The molecule has 0 saturated carbocycles. The summed E-state index contributed by atoms with van der Waals surface area (Å²) < 4.78 is 5.40. The second kappa shape index (κ2) is 5.69. The summed E-state index contributed by atoms with van der Waals surface area (Å²) in [4.78, 5) is 4.07. The molecule has 0 aliphatic rings. The van der Waals surface area contributed by atoms with Crippen LogP contribution in [0, 0.1) is 0 Å². The lowest BCUT2D eigenvalue weighted by Crippen LogP contribution is -1.93. The van der Waals surface area contributed by atoms with Crippen molar-refractivity contribution in [2.75, 3.05) is 6.61 Å². The van der Waals surface area contributed by atoms with Crippen molar-refractivity contribution >= 4 is 11.6 Å². The summed E-state index contributed by atoms with van der Waals surface area (Å²) in [7, 11) is 0. The number of benzene rings is 1. The molecule has 2 rings (SSSR count). The molecule has 2 aromatic rings. The Morgan fingerprint density at radius 3 is 2.53 bits per heavy atom. The molecular weight excluding hydrogens is 234 g/mol. The fraction of sp³-hybridized carbons (Fsp3) is 0.214. The number of nitrogens with zero attached hydrogens (tertiary/aromatic N) is 1. The quantitative estimate of drug-likeness (QED) is 0.822. The molecule has 0 atom stereocenters. The van der Waals surface area contributed by atoms with E-state index >= 15 is 0 Å². The lowest BCUT2D eigenvalue weighted by atomic mass is 10.1. The Labute approximate surface area is 106 Å². The molecule has 3 heteroatoms. The second-order valence-electron chi connectivity index (χ2n) is 3.77. The third-order valence-electron chi connectivity index (χ3n) is 2.40. The molecular formula is C14H14ClNO. The van der Waals surface area contributed by atoms with E-state index in [9.17, 15) is 0 Å². The van der Waals surface area contributed by atoms with Gasteiger partial charge in [0.05, 0.1) is 11.6 Å². The van der Waals surface area contributed by atoms with E-state index in [2.05, 4.69) is 17.1 Å². The molecule has 0 amide bonds. The van der Waals surface area contributed by atoms with Crippen molar-refractivity contribution in [1.29, 1.82) is 0 Å². The smallest absolute Gasteiger partial charge is 0.119 e. The van der Waals surface area contributed by atoms with Crippen molar-refractivity contribution in [3.8, 4) is 5.75 Å². The van der Waals surface area contributed by atoms with Gasteiger partial charge in [0.1, 0.15) is 5.75 Å². The summed E-state index contributed by atoms with van der Waals surface area (Å²) in [6.07, 6.45) is 4.31. The Bertz CT molecular complexity index is 482. The predicted molar refractivity (Wildman–Crippen MR) is 69.7 cm³/mol. The van der Waals surface area contributed by atoms with Gasteiger partial charge in [-0.15, -0.1) is 0 Å². The van der Waals surface area contributed by atoms with Crippen molar-refractivity contribution < 1.29 is 4.74 Å². The van der Waals surface area contributed by atoms with Crippen molar-refractivity contribution in [2.24, 2.45) is 0 Å². The highest BCUT2D eigenvalue weighted by atomic mass is 35.5. The van der Waals surface area contributed by atoms with E-state index in [-0.39, 0.29) is 0 Å². The second-order valence-corrected chi connectivity index (χ2v) is 4.20. The van der Waals surface area contributed by atoms with E-state index in [4.69, 9.17) is 16.3 Å². The monoisotopic (exact) mass is 247 g/mol. The van der Waals surface area contributed by atoms with Gasteiger partial charge in [-0.05, 0) is 42.7 Å².